The summed E-state index contributed by atoms with van der Waals surface area (Å²) in [5.74, 6) is 0.637. The molecule has 1 atom stereocenters. The first-order valence-electron chi connectivity index (χ1n) is 7.24. The van der Waals surface area contributed by atoms with E-state index in [4.69, 9.17) is 4.98 Å². The van der Waals surface area contributed by atoms with Crippen molar-refractivity contribution in [3.8, 4) is 0 Å². The molecule has 1 unspecified atom stereocenters. The van der Waals surface area contributed by atoms with Crippen LogP contribution in [0.3, 0.4) is 0 Å². The van der Waals surface area contributed by atoms with E-state index >= 15 is 0 Å². The minimum Gasteiger partial charge on any atom is -0.311 e. The van der Waals surface area contributed by atoms with E-state index in [2.05, 4.69) is 56.4 Å². The molecule has 0 aliphatic carbocycles. The molecule has 0 amide bonds. The summed E-state index contributed by atoms with van der Waals surface area (Å²) in [4.78, 5) is 4.86. The Kier molecular flexibility index (Phi) is 4.54. The zero-order valence-corrected chi connectivity index (χ0v) is 12.4. The lowest BCUT2D eigenvalue weighted by Gasteiger charge is -2.25. The maximum atomic E-state index is 4.86. The molecule has 2 aromatic rings. The fourth-order valence-electron chi connectivity index (χ4n) is 2.92. The van der Waals surface area contributed by atoms with Gasteiger partial charge in [-0.15, -0.1) is 0 Å². The van der Waals surface area contributed by atoms with Crippen LogP contribution in [0.25, 0.3) is 10.9 Å². The number of hydrogen-bond donors (Lipinski definition) is 1. The minimum atomic E-state index is 0.346. The van der Waals surface area contributed by atoms with Crippen LogP contribution in [0.1, 0.15) is 44.0 Å². The normalized spacial score (nSPS) is 13.1. The van der Waals surface area contributed by atoms with E-state index in [-0.39, 0.29) is 0 Å². The van der Waals surface area contributed by atoms with Gasteiger partial charge in [-0.1, -0.05) is 44.9 Å². The van der Waals surface area contributed by atoms with Gasteiger partial charge in [-0.3, -0.25) is 4.98 Å². The van der Waals surface area contributed by atoms with E-state index in [0.717, 1.165) is 5.52 Å². The van der Waals surface area contributed by atoms with Gasteiger partial charge in [0.15, 0.2) is 0 Å². The van der Waals surface area contributed by atoms with Gasteiger partial charge in [0.2, 0.25) is 0 Å². The predicted octanol–water partition coefficient (Wildman–Crippen LogP) is 4.24. The van der Waals surface area contributed by atoms with Gasteiger partial charge >= 0.3 is 0 Å². The molecule has 102 valence electrons. The van der Waals surface area contributed by atoms with Crippen molar-refractivity contribution in [1.29, 1.82) is 0 Å². The van der Waals surface area contributed by atoms with Crippen molar-refractivity contribution in [1.82, 2.24) is 10.3 Å². The fraction of sp³-hybridized carbons (Fsp3) is 0.471. The highest BCUT2D eigenvalue weighted by Crippen LogP contribution is 2.28. The van der Waals surface area contributed by atoms with Crippen LogP contribution in [-0.4, -0.2) is 12.0 Å². The molecule has 19 heavy (non-hydrogen) atoms. The number of aryl methyl sites for hydroxylation is 1. The molecule has 2 heteroatoms. The quantitative estimate of drug-likeness (QED) is 0.865. The van der Waals surface area contributed by atoms with Gasteiger partial charge in [0.05, 0.1) is 17.3 Å². The molecule has 0 aliphatic heterocycles. The molecule has 0 saturated heterocycles. The lowest BCUT2D eigenvalue weighted by atomic mass is 9.90. The number of pyridine rings is 1. The number of hydrogen-bond acceptors (Lipinski definition) is 2. The molecule has 1 aromatic carbocycles. The van der Waals surface area contributed by atoms with Crippen molar-refractivity contribution in [2.45, 2.75) is 39.7 Å². The third-order valence-corrected chi connectivity index (χ3v) is 4.09. The molecule has 2 rings (SSSR count). The van der Waals surface area contributed by atoms with Crippen molar-refractivity contribution in [2.75, 3.05) is 7.05 Å². The van der Waals surface area contributed by atoms with Gasteiger partial charge in [0.1, 0.15) is 0 Å². The first-order valence-corrected chi connectivity index (χ1v) is 7.24. The summed E-state index contributed by atoms with van der Waals surface area (Å²) in [5, 5.41) is 4.70. The number of aromatic nitrogens is 1. The Labute approximate surface area is 116 Å². The van der Waals surface area contributed by atoms with E-state index in [9.17, 15) is 0 Å². The molecule has 0 spiro atoms. The average molecular weight is 256 g/mol. The highest BCUT2D eigenvalue weighted by molar-refractivity contribution is 5.82. The van der Waals surface area contributed by atoms with Gasteiger partial charge in [0, 0.05) is 5.39 Å². The summed E-state index contributed by atoms with van der Waals surface area (Å²) < 4.78 is 0. The van der Waals surface area contributed by atoms with Gasteiger partial charge in [0.25, 0.3) is 0 Å². The van der Waals surface area contributed by atoms with Crippen LogP contribution in [-0.2, 0) is 0 Å². The van der Waals surface area contributed by atoms with Crippen LogP contribution in [0.4, 0.5) is 0 Å². The van der Waals surface area contributed by atoms with Gasteiger partial charge in [-0.25, -0.2) is 0 Å². The number of nitrogens with one attached hydrogen (secondary N) is 1. The van der Waals surface area contributed by atoms with Gasteiger partial charge < -0.3 is 5.32 Å². The van der Waals surface area contributed by atoms with Crippen LogP contribution in [0, 0.1) is 12.8 Å². The van der Waals surface area contributed by atoms with Crippen molar-refractivity contribution in [3.63, 3.8) is 0 Å². The van der Waals surface area contributed by atoms with Crippen LogP contribution in [0.2, 0.25) is 0 Å². The summed E-state index contributed by atoms with van der Waals surface area (Å²) in [6.45, 7) is 6.69. The van der Waals surface area contributed by atoms with E-state index in [1.807, 2.05) is 7.05 Å². The summed E-state index contributed by atoms with van der Waals surface area (Å²) in [6, 6.07) is 11.0. The maximum absolute atomic E-state index is 4.86. The van der Waals surface area contributed by atoms with E-state index in [0.29, 0.717) is 12.0 Å². The highest BCUT2D eigenvalue weighted by Gasteiger charge is 2.20. The van der Waals surface area contributed by atoms with E-state index < -0.39 is 0 Å². The number of rotatable bonds is 5. The monoisotopic (exact) mass is 256 g/mol. The van der Waals surface area contributed by atoms with Crippen molar-refractivity contribution < 1.29 is 0 Å². The predicted molar refractivity (Wildman–Crippen MR) is 82.4 cm³/mol. The average Bonchev–Trinajstić information content (AvgIpc) is 2.44. The van der Waals surface area contributed by atoms with Crippen molar-refractivity contribution in [3.05, 3.63) is 41.6 Å². The Morgan fingerprint density at radius 1 is 1.16 bits per heavy atom. The molecule has 1 N–H and O–H groups in total. The van der Waals surface area contributed by atoms with E-state index in [1.165, 1.54) is 29.5 Å². The second kappa shape index (κ2) is 6.16. The molecule has 0 bridgehead atoms. The number of benzene rings is 1. The zero-order chi connectivity index (χ0) is 13.8. The topological polar surface area (TPSA) is 24.9 Å². The summed E-state index contributed by atoms with van der Waals surface area (Å²) in [7, 11) is 2.04. The maximum Gasteiger partial charge on any atom is 0.0708 e. The molecule has 1 heterocycles. The minimum absolute atomic E-state index is 0.346. The number of fused-ring (bicyclic) bond motifs is 1. The largest absolute Gasteiger partial charge is 0.311 e. The number of nitrogens with zero attached hydrogens (tertiary/aromatic N) is 1. The van der Waals surface area contributed by atoms with Crippen molar-refractivity contribution in [2.24, 2.45) is 5.92 Å². The number of para-hydroxylation sites is 1. The summed E-state index contributed by atoms with van der Waals surface area (Å²) in [5.41, 5.74) is 3.59. The molecule has 0 saturated carbocycles. The van der Waals surface area contributed by atoms with E-state index in [1.54, 1.807) is 0 Å². The fourth-order valence-corrected chi connectivity index (χ4v) is 2.92. The molecule has 0 aliphatic rings. The summed E-state index contributed by atoms with van der Waals surface area (Å²) >= 11 is 0. The Balaban J connectivity index is 2.49. The second-order valence-electron chi connectivity index (χ2n) is 5.22. The third-order valence-electron chi connectivity index (χ3n) is 4.09. The van der Waals surface area contributed by atoms with Crippen LogP contribution in [0.15, 0.2) is 30.3 Å². The van der Waals surface area contributed by atoms with Crippen molar-refractivity contribution >= 4 is 10.9 Å². The Bertz CT molecular complexity index is 544. The Morgan fingerprint density at radius 2 is 1.84 bits per heavy atom. The zero-order valence-electron chi connectivity index (χ0n) is 12.4. The second-order valence-corrected chi connectivity index (χ2v) is 5.22. The Morgan fingerprint density at radius 3 is 2.47 bits per heavy atom. The molecule has 0 radical (unpaired) electrons. The molecule has 0 fully saturated rings. The summed E-state index contributed by atoms with van der Waals surface area (Å²) in [6.07, 6.45) is 2.35. The lowest BCUT2D eigenvalue weighted by molar-refractivity contribution is 0.354. The lowest BCUT2D eigenvalue weighted by Crippen LogP contribution is -2.25. The molecular formula is C17H24N2. The first-order chi connectivity index (χ1) is 9.21. The molecular weight excluding hydrogens is 232 g/mol. The molecule has 2 nitrogen and oxygen atoms in total. The van der Waals surface area contributed by atoms with Crippen LogP contribution < -0.4 is 5.32 Å². The standard InChI is InChI=1S/C17H24N2/c1-5-13(6-2)17(18-4)16-11-12(3)14-9-7-8-10-15(14)19-16/h7-11,13,17-18H,5-6H2,1-4H3. The van der Waals surface area contributed by atoms with Gasteiger partial charge in [-0.2, -0.15) is 0 Å². The highest BCUT2D eigenvalue weighted by atomic mass is 14.9. The first kappa shape index (κ1) is 14.0. The van der Waals surface area contributed by atoms with Crippen LogP contribution >= 0.6 is 0 Å². The SMILES string of the molecule is CCC(CC)C(NC)c1cc(C)c2ccccc2n1. The van der Waals surface area contributed by atoms with Crippen LogP contribution in [0.5, 0.6) is 0 Å². The molecule has 1 aromatic heterocycles. The smallest absolute Gasteiger partial charge is 0.0708 e. The third kappa shape index (κ3) is 2.79. The van der Waals surface area contributed by atoms with Gasteiger partial charge in [-0.05, 0) is 37.6 Å². The Hall–Kier alpha value is -1.41.